The third-order valence-corrected chi connectivity index (χ3v) is 4.64. The van der Waals surface area contributed by atoms with Crippen LogP contribution in [0.4, 0.5) is 14.9 Å². The van der Waals surface area contributed by atoms with Crippen LogP contribution in [0.3, 0.4) is 0 Å². The van der Waals surface area contributed by atoms with Gasteiger partial charge < -0.3 is 21.3 Å². The molecule has 1 aromatic carbocycles. The first-order valence-corrected chi connectivity index (χ1v) is 8.71. The molecule has 0 saturated carbocycles. The molecular formula is C18H28ClFN4O2. The van der Waals surface area contributed by atoms with E-state index in [4.69, 9.17) is 5.73 Å². The molecule has 0 aliphatic carbocycles. The van der Waals surface area contributed by atoms with Gasteiger partial charge in [0.05, 0.1) is 5.92 Å². The fourth-order valence-corrected chi connectivity index (χ4v) is 2.92. The molecule has 1 saturated heterocycles. The predicted molar refractivity (Wildman–Crippen MR) is 103 cm³/mol. The maximum atomic E-state index is 13.1. The minimum Gasteiger partial charge on any atom is -0.342 e. The van der Waals surface area contributed by atoms with Crippen molar-refractivity contribution in [3.63, 3.8) is 0 Å². The predicted octanol–water partition coefficient (Wildman–Crippen LogP) is 2.59. The van der Waals surface area contributed by atoms with E-state index in [2.05, 4.69) is 10.6 Å². The number of nitrogens with one attached hydrogen (secondary N) is 2. The maximum absolute atomic E-state index is 13.1. The molecule has 1 aliphatic rings. The van der Waals surface area contributed by atoms with Crippen LogP contribution in [0, 0.1) is 17.7 Å². The number of urea groups is 1. The Hall–Kier alpha value is -1.86. The van der Waals surface area contributed by atoms with Gasteiger partial charge >= 0.3 is 6.03 Å². The van der Waals surface area contributed by atoms with Crippen LogP contribution in [0.25, 0.3) is 0 Å². The van der Waals surface area contributed by atoms with E-state index in [9.17, 15) is 14.0 Å². The zero-order valence-electron chi connectivity index (χ0n) is 15.2. The zero-order chi connectivity index (χ0) is 18.4. The van der Waals surface area contributed by atoms with E-state index in [1.807, 2.05) is 18.7 Å². The minimum atomic E-state index is -0.400. The molecule has 6 nitrogen and oxygen atoms in total. The number of benzene rings is 1. The van der Waals surface area contributed by atoms with Crippen molar-refractivity contribution < 1.29 is 14.0 Å². The van der Waals surface area contributed by atoms with Gasteiger partial charge in [-0.1, -0.05) is 13.0 Å². The SMILES string of the molecule is CC(N)C(C)C(=O)N1CCCC(CNC(=O)Nc2cccc(F)c2)C1.Cl. The number of carbonyl (C=O) groups is 2. The Bertz CT molecular complexity index is 615. The van der Waals surface area contributed by atoms with E-state index >= 15 is 0 Å². The van der Waals surface area contributed by atoms with Gasteiger partial charge in [0.2, 0.25) is 5.91 Å². The van der Waals surface area contributed by atoms with Gasteiger partial charge in [0.15, 0.2) is 0 Å². The number of likely N-dealkylation sites (tertiary alicyclic amines) is 1. The van der Waals surface area contributed by atoms with Crippen LogP contribution in [0.5, 0.6) is 0 Å². The number of hydrogen-bond donors (Lipinski definition) is 3. The van der Waals surface area contributed by atoms with E-state index in [0.29, 0.717) is 18.8 Å². The second-order valence-electron chi connectivity index (χ2n) is 6.79. The molecule has 8 heteroatoms. The van der Waals surface area contributed by atoms with Crippen LogP contribution in [0.2, 0.25) is 0 Å². The van der Waals surface area contributed by atoms with Gasteiger partial charge in [-0.15, -0.1) is 12.4 Å². The summed E-state index contributed by atoms with van der Waals surface area (Å²) in [6, 6.07) is 5.19. The Morgan fingerprint density at radius 1 is 1.38 bits per heavy atom. The maximum Gasteiger partial charge on any atom is 0.319 e. The van der Waals surface area contributed by atoms with Crippen molar-refractivity contribution in [3.8, 4) is 0 Å². The third kappa shape index (κ3) is 6.46. The van der Waals surface area contributed by atoms with Crippen molar-refractivity contribution >= 4 is 30.0 Å². The monoisotopic (exact) mass is 386 g/mol. The van der Waals surface area contributed by atoms with E-state index in [1.54, 1.807) is 6.07 Å². The lowest BCUT2D eigenvalue weighted by molar-refractivity contribution is -0.137. The number of halogens is 2. The molecule has 2 rings (SSSR count). The first kappa shape index (κ1) is 22.2. The lowest BCUT2D eigenvalue weighted by Gasteiger charge is -2.35. The standard InChI is InChI=1S/C18H27FN4O2.ClH/c1-12(13(2)20)17(24)23-8-4-5-14(11-23)10-21-18(25)22-16-7-3-6-15(19)9-16;/h3,6-7,9,12-14H,4-5,8,10-11,20H2,1-2H3,(H2,21,22,25);1H. The first-order valence-electron chi connectivity index (χ1n) is 8.71. The molecule has 1 aliphatic heterocycles. The Morgan fingerprint density at radius 2 is 2.12 bits per heavy atom. The van der Waals surface area contributed by atoms with E-state index in [1.165, 1.54) is 18.2 Å². The number of nitrogens with two attached hydrogens (primary N) is 1. The smallest absolute Gasteiger partial charge is 0.319 e. The fourth-order valence-electron chi connectivity index (χ4n) is 2.92. The largest absolute Gasteiger partial charge is 0.342 e. The second kappa shape index (κ2) is 10.3. The average molecular weight is 387 g/mol. The quantitative estimate of drug-likeness (QED) is 0.726. The molecule has 1 heterocycles. The van der Waals surface area contributed by atoms with Gasteiger partial charge in [-0.05, 0) is 43.9 Å². The highest BCUT2D eigenvalue weighted by atomic mass is 35.5. The minimum absolute atomic E-state index is 0. The van der Waals surface area contributed by atoms with Crippen molar-refractivity contribution in [1.29, 1.82) is 0 Å². The van der Waals surface area contributed by atoms with Crippen LogP contribution in [0.1, 0.15) is 26.7 Å². The van der Waals surface area contributed by atoms with Gasteiger partial charge in [0.1, 0.15) is 5.82 Å². The van der Waals surface area contributed by atoms with Gasteiger partial charge in [-0.2, -0.15) is 0 Å². The number of piperidine rings is 1. The molecule has 146 valence electrons. The van der Waals surface area contributed by atoms with Crippen molar-refractivity contribution in [2.24, 2.45) is 17.6 Å². The van der Waals surface area contributed by atoms with E-state index in [0.717, 1.165) is 19.4 Å². The summed E-state index contributed by atoms with van der Waals surface area (Å²) in [6.45, 7) is 5.51. The van der Waals surface area contributed by atoms with Crippen molar-refractivity contribution in [2.45, 2.75) is 32.7 Å². The van der Waals surface area contributed by atoms with E-state index < -0.39 is 5.82 Å². The average Bonchev–Trinajstić information content (AvgIpc) is 2.59. The molecule has 26 heavy (non-hydrogen) atoms. The van der Waals surface area contributed by atoms with Gasteiger partial charge in [-0.25, -0.2) is 9.18 Å². The van der Waals surface area contributed by atoms with E-state index in [-0.39, 0.29) is 42.2 Å². The lowest BCUT2D eigenvalue weighted by Crippen LogP contribution is -2.48. The summed E-state index contributed by atoms with van der Waals surface area (Å²) in [6.07, 6.45) is 1.87. The summed E-state index contributed by atoms with van der Waals surface area (Å²) in [5, 5.41) is 5.40. The second-order valence-corrected chi connectivity index (χ2v) is 6.79. The Labute approximate surface area is 160 Å². The highest BCUT2D eigenvalue weighted by molar-refractivity contribution is 5.89. The summed E-state index contributed by atoms with van der Waals surface area (Å²) in [4.78, 5) is 26.2. The number of amides is 3. The normalized spacial score (nSPS) is 19.1. The Kier molecular flexibility index (Phi) is 8.81. The number of anilines is 1. The highest BCUT2D eigenvalue weighted by Gasteiger charge is 2.28. The van der Waals surface area contributed by atoms with Gasteiger partial charge in [0, 0.05) is 31.4 Å². The topological polar surface area (TPSA) is 87.5 Å². The van der Waals surface area contributed by atoms with Crippen LogP contribution in [-0.4, -0.2) is 42.5 Å². The van der Waals surface area contributed by atoms with Crippen LogP contribution < -0.4 is 16.4 Å². The molecule has 4 N–H and O–H groups in total. The number of hydrogen-bond acceptors (Lipinski definition) is 3. The summed E-state index contributed by atoms with van der Waals surface area (Å²) in [5.74, 6) is -0.328. The molecule has 1 aromatic rings. The molecule has 0 spiro atoms. The summed E-state index contributed by atoms with van der Waals surface area (Å²) < 4.78 is 13.1. The van der Waals surface area contributed by atoms with Gasteiger partial charge in [0.25, 0.3) is 0 Å². The zero-order valence-corrected chi connectivity index (χ0v) is 16.0. The summed E-state index contributed by atoms with van der Waals surface area (Å²) in [7, 11) is 0. The molecule has 0 aromatic heterocycles. The molecule has 1 fully saturated rings. The third-order valence-electron chi connectivity index (χ3n) is 4.64. The molecule has 0 bridgehead atoms. The highest BCUT2D eigenvalue weighted by Crippen LogP contribution is 2.18. The van der Waals surface area contributed by atoms with Crippen LogP contribution >= 0.6 is 12.4 Å². The number of carbonyl (C=O) groups excluding carboxylic acids is 2. The summed E-state index contributed by atoms with van der Waals surface area (Å²) >= 11 is 0. The molecule has 0 radical (unpaired) electrons. The lowest BCUT2D eigenvalue weighted by atomic mass is 9.95. The summed E-state index contributed by atoms with van der Waals surface area (Å²) in [5.41, 5.74) is 6.23. The Balaban J connectivity index is 0.00000338. The first-order chi connectivity index (χ1) is 11.9. The molecule has 3 amide bonds. The fraction of sp³-hybridized carbons (Fsp3) is 0.556. The molecule has 3 unspecified atom stereocenters. The van der Waals surface area contributed by atoms with Crippen LogP contribution in [-0.2, 0) is 4.79 Å². The van der Waals surface area contributed by atoms with Crippen LogP contribution in [0.15, 0.2) is 24.3 Å². The Morgan fingerprint density at radius 3 is 2.77 bits per heavy atom. The molecular weight excluding hydrogens is 359 g/mol. The number of nitrogens with zero attached hydrogens (tertiary/aromatic N) is 1. The van der Waals surface area contributed by atoms with Crippen molar-refractivity contribution in [2.75, 3.05) is 25.0 Å². The van der Waals surface area contributed by atoms with Crippen molar-refractivity contribution in [3.05, 3.63) is 30.1 Å². The van der Waals surface area contributed by atoms with Gasteiger partial charge in [-0.3, -0.25) is 4.79 Å². The van der Waals surface area contributed by atoms with Crippen molar-refractivity contribution in [1.82, 2.24) is 10.2 Å². The number of rotatable bonds is 5. The molecule has 3 atom stereocenters.